The second-order valence-electron chi connectivity index (χ2n) is 8.63. The molecule has 0 saturated carbocycles. The second-order valence-corrected chi connectivity index (χ2v) is 8.63. The SMILES string of the molecule is CCC(=O)Oc1c(OC)ccnc1C(=O)N[C@@H](C)C(=O)O[C@@H](C)[C@H](c1ccc(F)cc1C)C(C)C. The highest BCUT2D eigenvalue weighted by Gasteiger charge is 2.30. The highest BCUT2D eigenvalue weighted by molar-refractivity contribution is 5.98. The number of esters is 2. The Hall–Kier alpha value is -3.49. The summed E-state index contributed by atoms with van der Waals surface area (Å²) < 4.78 is 29.7. The molecule has 0 fully saturated rings. The number of halogens is 1. The van der Waals surface area contributed by atoms with Gasteiger partial charge >= 0.3 is 11.9 Å². The van der Waals surface area contributed by atoms with Crippen molar-refractivity contribution >= 4 is 17.8 Å². The van der Waals surface area contributed by atoms with Crippen LogP contribution < -0.4 is 14.8 Å². The molecule has 0 aliphatic rings. The van der Waals surface area contributed by atoms with Gasteiger partial charge in [0.1, 0.15) is 18.0 Å². The number of ether oxygens (including phenoxy) is 3. The van der Waals surface area contributed by atoms with Crippen molar-refractivity contribution in [1.82, 2.24) is 10.3 Å². The molecule has 1 heterocycles. The van der Waals surface area contributed by atoms with Crippen LogP contribution >= 0.6 is 0 Å². The molecule has 1 amide bonds. The van der Waals surface area contributed by atoms with Crippen LogP contribution in [0.5, 0.6) is 11.5 Å². The largest absolute Gasteiger partial charge is 0.493 e. The number of aromatic nitrogens is 1. The number of hydrogen-bond donors (Lipinski definition) is 1. The van der Waals surface area contributed by atoms with E-state index in [2.05, 4.69) is 10.3 Å². The lowest BCUT2D eigenvalue weighted by Crippen LogP contribution is -2.42. The predicted molar refractivity (Wildman–Crippen MR) is 128 cm³/mol. The first-order valence-electron chi connectivity index (χ1n) is 11.5. The van der Waals surface area contributed by atoms with E-state index in [1.807, 2.05) is 20.8 Å². The molecular weight excluding hydrogens is 455 g/mol. The summed E-state index contributed by atoms with van der Waals surface area (Å²) in [6.07, 6.45) is 0.881. The maximum absolute atomic E-state index is 13.6. The number of amides is 1. The summed E-state index contributed by atoms with van der Waals surface area (Å²) in [4.78, 5) is 41.5. The molecule has 190 valence electrons. The van der Waals surface area contributed by atoms with Crippen LogP contribution in [0, 0.1) is 18.7 Å². The van der Waals surface area contributed by atoms with Gasteiger partial charge in [-0.3, -0.25) is 9.59 Å². The van der Waals surface area contributed by atoms with Gasteiger partial charge in [0.15, 0.2) is 11.4 Å². The third-order valence-electron chi connectivity index (χ3n) is 5.63. The zero-order chi connectivity index (χ0) is 26.3. The Morgan fingerprint density at radius 1 is 1.11 bits per heavy atom. The number of carbonyl (C=O) groups excluding carboxylic acids is 3. The van der Waals surface area contributed by atoms with E-state index in [1.165, 1.54) is 38.4 Å². The minimum absolute atomic E-state index is 0.0876. The number of aryl methyl sites for hydroxylation is 1. The van der Waals surface area contributed by atoms with Crippen molar-refractivity contribution in [3.63, 3.8) is 0 Å². The van der Waals surface area contributed by atoms with Crippen LogP contribution in [0.4, 0.5) is 4.39 Å². The Morgan fingerprint density at radius 3 is 2.37 bits per heavy atom. The third kappa shape index (κ3) is 7.00. The number of carbonyl (C=O) groups is 3. The van der Waals surface area contributed by atoms with Crippen LogP contribution in [0.2, 0.25) is 0 Å². The van der Waals surface area contributed by atoms with Crippen molar-refractivity contribution in [2.75, 3.05) is 7.11 Å². The standard InChI is InChI=1S/C26H33FN2O6/c1-8-21(30)35-24-20(33-7)11-12-28-23(24)25(31)29-16(5)26(32)34-17(6)22(14(2)3)19-10-9-18(27)13-15(19)4/h9-14,16-17,22H,8H2,1-7H3,(H,29,31)/t16-,17-,22+/m0/s1. The lowest BCUT2D eigenvalue weighted by molar-refractivity contribution is -0.151. The summed E-state index contributed by atoms with van der Waals surface area (Å²) in [5.74, 6) is -2.32. The molecule has 2 aromatic rings. The minimum atomic E-state index is -1.02. The number of rotatable bonds is 10. The molecule has 0 spiro atoms. The Morgan fingerprint density at radius 2 is 1.80 bits per heavy atom. The van der Waals surface area contributed by atoms with E-state index < -0.39 is 30.0 Å². The molecule has 0 unspecified atom stereocenters. The van der Waals surface area contributed by atoms with Gasteiger partial charge in [0, 0.05) is 24.6 Å². The van der Waals surface area contributed by atoms with Crippen molar-refractivity contribution in [2.45, 2.75) is 66.0 Å². The first kappa shape index (κ1) is 27.8. The van der Waals surface area contributed by atoms with Gasteiger partial charge in [-0.15, -0.1) is 0 Å². The van der Waals surface area contributed by atoms with Crippen molar-refractivity contribution in [3.8, 4) is 11.5 Å². The maximum atomic E-state index is 13.6. The van der Waals surface area contributed by atoms with Crippen LogP contribution in [0.15, 0.2) is 30.5 Å². The number of hydrogen-bond acceptors (Lipinski definition) is 7. The van der Waals surface area contributed by atoms with E-state index in [9.17, 15) is 18.8 Å². The Bertz CT molecular complexity index is 1070. The molecule has 0 saturated heterocycles. The van der Waals surface area contributed by atoms with Crippen LogP contribution in [0.25, 0.3) is 0 Å². The highest BCUT2D eigenvalue weighted by Crippen LogP contribution is 2.33. The molecule has 35 heavy (non-hydrogen) atoms. The third-order valence-corrected chi connectivity index (χ3v) is 5.63. The van der Waals surface area contributed by atoms with Gasteiger partial charge in [0.2, 0.25) is 5.75 Å². The Labute approximate surface area is 205 Å². The zero-order valence-corrected chi connectivity index (χ0v) is 21.2. The quantitative estimate of drug-likeness (QED) is 0.496. The molecule has 0 aliphatic carbocycles. The number of nitrogens with one attached hydrogen (secondary N) is 1. The summed E-state index contributed by atoms with van der Waals surface area (Å²) in [5.41, 5.74) is 1.47. The molecule has 1 aromatic heterocycles. The van der Waals surface area contributed by atoms with Gasteiger partial charge < -0.3 is 19.5 Å². The fraction of sp³-hybridized carbons (Fsp3) is 0.462. The average molecular weight is 489 g/mol. The fourth-order valence-electron chi connectivity index (χ4n) is 3.89. The topological polar surface area (TPSA) is 104 Å². The smallest absolute Gasteiger partial charge is 0.328 e. The van der Waals surface area contributed by atoms with Gasteiger partial charge in [-0.2, -0.15) is 0 Å². The van der Waals surface area contributed by atoms with Crippen LogP contribution in [0.1, 0.15) is 68.6 Å². The lowest BCUT2D eigenvalue weighted by atomic mass is 9.82. The van der Waals surface area contributed by atoms with Crippen LogP contribution in [-0.4, -0.2) is 42.1 Å². The molecule has 0 bridgehead atoms. The van der Waals surface area contributed by atoms with E-state index >= 15 is 0 Å². The number of nitrogens with zero attached hydrogens (tertiary/aromatic N) is 1. The van der Waals surface area contributed by atoms with Gasteiger partial charge in [-0.1, -0.05) is 26.8 Å². The van der Waals surface area contributed by atoms with Gasteiger partial charge in [-0.25, -0.2) is 14.2 Å². The molecule has 8 nitrogen and oxygen atoms in total. The molecule has 1 aromatic carbocycles. The Kier molecular flexibility index (Phi) is 9.74. The Balaban J connectivity index is 2.17. The highest BCUT2D eigenvalue weighted by atomic mass is 19.1. The summed E-state index contributed by atoms with van der Waals surface area (Å²) in [6, 6.07) is 4.98. The molecule has 1 N–H and O–H groups in total. The summed E-state index contributed by atoms with van der Waals surface area (Å²) in [5, 5.41) is 2.54. The van der Waals surface area contributed by atoms with Gasteiger partial charge in [0.25, 0.3) is 5.91 Å². The van der Waals surface area contributed by atoms with E-state index in [0.29, 0.717) is 0 Å². The second kappa shape index (κ2) is 12.3. The van der Waals surface area contributed by atoms with Crippen molar-refractivity contribution < 1.29 is 33.0 Å². The minimum Gasteiger partial charge on any atom is -0.493 e. The normalized spacial score (nSPS) is 13.5. The fourth-order valence-corrected chi connectivity index (χ4v) is 3.89. The summed E-state index contributed by atoms with van der Waals surface area (Å²) in [6.45, 7) is 10.7. The maximum Gasteiger partial charge on any atom is 0.328 e. The molecule has 2 rings (SSSR count). The average Bonchev–Trinajstić information content (AvgIpc) is 2.80. The predicted octanol–water partition coefficient (Wildman–Crippen LogP) is 4.34. The summed E-state index contributed by atoms with van der Waals surface area (Å²) in [7, 11) is 1.37. The van der Waals surface area contributed by atoms with Crippen molar-refractivity contribution in [2.24, 2.45) is 5.92 Å². The van der Waals surface area contributed by atoms with E-state index in [4.69, 9.17) is 14.2 Å². The number of benzene rings is 1. The molecule has 9 heteroatoms. The molecule has 0 aliphatic heterocycles. The first-order valence-corrected chi connectivity index (χ1v) is 11.5. The first-order chi connectivity index (χ1) is 16.5. The van der Waals surface area contributed by atoms with Crippen molar-refractivity contribution in [3.05, 3.63) is 53.1 Å². The van der Waals surface area contributed by atoms with Crippen LogP contribution in [0.3, 0.4) is 0 Å². The lowest BCUT2D eigenvalue weighted by Gasteiger charge is -2.30. The van der Waals surface area contributed by atoms with Gasteiger partial charge in [-0.05, 0) is 49.9 Å². The monoisotopic (exact) mass is 488 g/mol. The number of methoxy groups -OCH3 is 1. The zero-order valence-electron chi connectivity index (χ0n) is 21.2. The molecule has 3 atom stereocenters. The van der Waals surface area contributed by atoms with E-state index in [-0.39, 0.29) is 41.3 Å². The van der Waals surface area contributed by atoms with Crippen LogP contribution in [-0.2, 0) is 14.3 Å². The number of pyridine rings is 1. The molecular formula is C26H33FN2O6. The van der Waals surface area contributed by atoms with Gasteiger partial charge in [0.05, 0.1) is 7.11 Å². The van der Waals surface area contributed by atoms with E-state index in [0.717, 1.165) is 11.1 Å². The summed E-state index contributed by atoms with van der Waals surface area (Å²) >= 11 is 0. The van der Waals surface area contributed by atoms with E-state index in [1.54, 1.807) is 19.9 Å². The van der Waals surface area contributed by atoms with Crippen molar-refractivity contribution in [1.29, 1.82) is 0 Å². The molecule has 0 radical (unpaired) electrons.